The minimum Gasteiger partial charge on any atom is -0.397 e. The van der Waals surface area contributed by atoms with Gasteiger partial charge in [-0.1, -0.05) is 12.1 Å². The van der Waals surface area contributed by atoms with Crippen molar-refractivity contribution in [2.24, 2.45) is 0 Å². The van der Waals surface area contributed by atoms with Crippen molar-refractivity contribution in [3.63, 3.8) is 0 Å². The van der Waals surface area contributed by atoms with Crippen LogP contribution in [0.3, 0.4) is 0 Å². The van der Waals surface area contributed by atoms with E-state index in [0.29, 0.717) is 18.7 Å². The Morgan fingerprint density at radius 1 is 1.46 bits per heavy atom. The molecular formula is C10H14N2O. The van der Waals surface area contributed by atoms with E-state index in [2.05, 4.69) is 5.32 Å². The quantitative estimate of drug-likeness (QED) is 0.689. The second-order valence-corrected chi connectivity index (χ2v) is 2.97. The number of anilines is 2. The topological polar surface area (TPSA) is 55.1 Å². The molecule has 0 atom stereocenters. The molecule has 1 rings (SSSR count). The minimum atomic E-state index is 0.182. The van der Waals surface area contributed by atoms with Gasteiger partial charge in [0, 0.05) is 13.0 Å². The summed E-state index contributed by atoms with van der Waals surface area (Å²) in [5.74, 6) is 0.182. The average molecular weight is 178 g/mol. The molecule has 3 N–H and O–H groups in total. The maximum atomic E-state index is 10.6. The number of Topliss-reactive ketones (excluding diaryl/α,β-unsaturated/α-hetero) is 1. The largest absolute Gasteiger partial charge is 0.397 e. The highest BCUT2D eigenvalue weighted by Crippen LogP contribution is 2.16. The van der Waals surface area contributed by atoms with Gasteiger partial charge in [0.2, 0.25) is 0 Å². The summed E-state index contributed by atoms with van der Waals surface area (Å²) >= 11 is 0. The van der Waals surface area contributed by atoms with Gasteiger partial charge in [-0.25, -0.2) is 0 Å². The van der Waals surface area contributed by atoms with Crippen LogP contribution in [0.2, 0.25) is 0 Å². The van der Waals surface area contributed by atoms with Gasteiger partial charge in [-0.2, -0.15) is 0 Å². The standard InChI is InChI=1S/C10H14N2O/c1-8(13)6-7-12-10-5-3-2-4-9(10)11/h2-5,12H,6-7,11H2,1H3. The lowest BCUT2D eigenvalue weighted by Crippen LogP contribution is -2.07. The molecule has 0 amide bonds. The summed E-state index contributed by atoms with van der Waals surface area (Å²) < 4.78 is 0. The van der Waals surface area contributed by atoms with Gasteiger partial charge in [0.15, 0.2) is 0 Å². The summed E-state index contributed by atoms with van der Waals surface area (Å²) in [6.45, 7) is 2.22. The molecule has 3 heteroatoms. The lowest BCUT2D eigenvalue weighted by Gasteiger charge is -2.07. The third-order valence-corrected chi connectivity index (χ3v) is 1.75. The van der Waals surface area contributed by atoms with Gasteiger partial charge in [-0.05, 0) is 19.1 Å². The first-order valence-corrected chi connectivity index (χ1v) is 4.28. The first-order valence-electron chi connectivity index (χ1n) is 4.28. The van der Waals surface area contributed by atoms with Crippen molar-refractivity contribution in [3.8, 4) is 0 Å². The molecule has 0 aliphatic heterocycles. The van der Waals surface area contributed by atoms with E-state index in [1.807, 2.05) is 24.3 Å². The Morgan fingerprint density at radius 2 is 2.15 bits per heavy atom. The molecule has 0 radical (unpaired) electrons. The van der Waals surface area contributed by atoms with E-state index in [1.165, 1.54) is 0 Å². The van der Waals surface area contributed by atoms with Crippen LogP contribution < -0.4 is 11.1 Å². The molecule has 3 nitrogen and oxygen atoms in total. The fraction of sp³-hybridized carbons (Fsp3) is 0.300. The lowest BCUT2D eigenvalue weighted by atomic mass is 10.2. The summed E-state index contributed by atoms with van der Waals surface area (Å²) in [6, 6.07) is 7.52. The van der Waals surface area contributed by atoms with E-state index in [0.717, 1.165) is 5.69 Å². The number of ketones is 1. The molecule has 0 saturated carbocycles. The van der Waals surface area contributed by atoms with Crippen LogP contribution in [0.1, 0.15) is 13.3 Å². The fourth-order valence-electron chi connectivity index (χ4n) is 1.03. The molecule has 0 aliphatic rings. The van der Waals surface area contributed by atoms with E-state index in [-0.39, 0.29) is 5.78 Å². The molecule has 0 fully saturated rings. The maximum absolute atomic E-state index is 10.6. The zero-order valence-corrected chi connectivity index (χ0v) is 7.71. The molecule has 1 aromatic rings. The van der Waals surface area contributed by atoms with Gasteiger partial charge in [-0.15, -0.1) is 0 Å². The van der Waals surface area contributed by atoms with Crippen molar-refractivity contribution >= 4 is 17.2 Å². The number of rotatable bonds is 4. The van der Waals surface area contributed by atoms with Gasteiger partial charge >= 0.3 is 0 Å². The predicted octanol–water partition coefficient (Wildman–Crippen LogP) is 1.66. The second-order valence-electron chi connectivity index (χ2n) is 2.97. The van der Waals surface area contributed by atoms with Crippen molar-refractivity contribution in [1.29, 1.82) is 0 Å². The normalized spacial score (nSPS) is 9.62. The first-order chi connectivity index (χ1) is 6.20. The SMILES string of the molecule is CC(=O)CCNc1ccccc1N. The van der Waals surface area contributed by atoms with Crippen LogP contribution in [-0.4, -0.2) is 12.3 Å². The van der Waals surface area contributed by atoms with Gasteiger partial charge in [0.25, 0.3) is 0 Å². The monoisotopic (exact) mass is 178 g/mol. The predicted molar refractivity (Wildman–Crippen MR) is 54.6 cm³/mol. The molecule has 0 bridgehead atoms. The van der Waals surface area contributed by atoms with Crippen molar-refractivity contribution in [1.82, 2.24) is 0 Å². The van der Waals surface area contributed by atoms with Gasteiger partial charge in [0.05, 0.1) is 11.4 Å². The number of carbonyl (C=O) groups excluding carboxylic acids is 1. The van der Waals surface area contributed by atoms with E-state index >= 15 is 0 Å². The van der Waals surface area contributed by atoms with Gasteiger partial charge in [0.1, 0.15) is 5.78 Å². The minimum absolute atomic E-state index is 0.182. The van der Waals surface area contributed by atoms with Crippen molar-refractivity contribution in [3.05, 3.63) is 24.3 Å². The maximum Gasteiger partial charge on any atom is 0.131 e. The fourth-order valence-corrected chi connectivity index (χ4v) is 1.03. The molecule has 0 saturated heterocycles. The zero-order chi connectivity index (χ0) is 9.68. The third-order valence-electron chi connectivity index (χ3n) is 1.75. The molecule has 0 spiro atoms. The Bertz CT molecular complexity index is 297. The summed E-state index contributed by atoms with van der Waals surface area (Å²) in [6.07, 6.45) is 0.536. The van der Waals surface area contributed by atoms with Crippen LogP contribution in [0, 0.1) is 0 Å². The molecule has 13 heavy (non-hydrogen) atoms. The highest BCUT2D eigenvalue weighted by molar-refractivity contribution is 5.76. The van der Waals surface area contributed by atoms with E-state index in [4.69, 9.17) is 5.73 Å². The number of hydrogen-bond donors (Lipinski definition) is 2. The number of para-hydroxylation sites is 2. The van der Waals surface area contributed by atoms with Crippen LogP contribution in [-0.2, 0) is 4.79 Å². The van der Waals surface area contributed by atoms with Crippen molar-refractivity contribution < 1.29 is 4.79 Å². The molecule has 0 heterocycles. The molecular weight excluding hydrogens is 164 g/mol. The van der Waals surface area contributed by atoms with Crippen molar-refractivity contribution in [2.75, 3.05) is 17.6 Å². The molecule has 0 unspecified atom stereocenters. The molecule has 0 aromatic heterocycles. The Labute approximate surface area is 77.9 Å². The molecule has 0 aliphatic carbocycles. The highest BCUT2D eigenvalue weighted by Gasteiger charge is 1.96. The van der Waals surface area contributed by atoms with E-state index in [1.54, 1.807) is 6.92 Å². The third kappa shape index (κ3) is 3.15. The smallest absolute Gasteiger partial charge is 0.131 e. The van der Waals surface area contributed by atoms with Crippen LogP contribution >= 0.6 is 0 Å². The number of nitrogens with two attached hydrogens (primary N) is 1. The van der Waals surface area contributed by atoms with Gasteiger partial charge < -0.3 is 11.1 Å². The highest BCUT2D eigenvalue weighted by atomic mass is 16.1. The Balaban J connectivity index is 2.45. The first kappa shape index (κ1) is 9.58. The number of carbonyl (C=O) groups is 1. The number of hydrogen-bond acceptors (Lipinski definition) is 3. The molecule has 1 aromatic carbocycles. The van der Waals surface area contributed by atoms with Crippen LogP contribution in [0.5, 0.6) is 0 Å². The number of nitrogens with one attached hydrogen (secondary N) is 1. The summed E-state index contributed by atoms with van der Waals surface area (Å²) in [7, 11) is 0. The molecule has 70 valence electrons. The Kier molecular flexibility index (Phi) is 3.31. The van der Waals surface area contributed by atoms with Crippen molar-refractivity contribution in [2.45, 2.75) is 13.3 Å². The summed E-state index contributed by atoms with van der Waals surface area (Å²) in [4.78, 5) is 10.6. The van der Waals surface area contributed by atoms with Crippen LogP contribution in [0.15, 0.2) is 24.3 Å². The van der Waals surface area contributed by atoms with Crippen LogP contribution in [0.4, 0.5) is 11.4 Å². The average Bonchev–Trinajstić information content (AvgIpc) is 2.08. The van der Waals surface area contributed by atoms with Crippen LogP contribution in [0.25, 0.3) is 0 Å². The lowest BCUT2D eigenvalue weighted by molar-refractivity contribution is -0.116. The number of nitrogen functional groups attached to an aromatic ring is 1. The van der Waals surface area contributed by atoms with Gasteiger partial charge in [-0.3, -0.25) is 4.79 Å². The zero-order valence-electron chi connectivity index (χ0n) is 7.71. The van der Waals surface area contributed by atoms with E-state index < -0.39 is 0 Å². The van der Waals surface area contributed by atoms with E-state index in [9.17, 15) is 4.79 Å². The summed E-state index contributed by atoms with van der Waals surface area (Å²) in [5, 5.41) is 3.10. The Hall–Kier alpha value is -1.51. The number of benzene rings is 1. The second kappa shape index (κ2) is 4.50. The Morgan fingerprint density at radius 3 is 2.77 bits per heavy atom. The summed E-state index contributed by atoms with van der Waals surface area (Å²) in [5.41, 5.74) is 7.30.